The first-order chi connectivity index (χ1) is 16.2. The third-order valence-electron chi connectivity index (χ3n) is 7.64. The molecule has 166 valence electrons. The number of nitrogens with zero attached hydrogens (tertiary/aromatic N) is 3. The lowest BCUT2D eigenvalue weighted by Gasteiger charge is -2.53. The Morgan fingerprint density at radius 1 is 0.788 bits per heavy atom. The molecule has 1 saturated heterocycles. The Kier molecular flexibility index (Phi) is 5.11. The zero-order valence-electron chi connectivity index (χ0n) is 18.8. The van der Waals surface area contributed by atoms with Gasteiger partial charge in [-0.05, 0) is 37.0 Å². The molecule has 3 aromatic carbocycles. The Morgan fingerprint density at radius 2 is 1.48 bits per heavy atom. The number of para-hydroxylation sites is 1. The molecule has 0 unspecified atom stereocenters. The largest absolute Gasteiger partial charge is 0.385 e. The summed E-state index contributed by atoms with van der Waals surface area (Å²) >= 11 is 0. The van der Waals surface area contributed by atoms with Gasteiger partial charge in [0.05, 0.1) is 11.1 Å². The van der Waals surface area contributed by atoms with E-state index in [0.29, 0.717) is 6.42 Å². The summed E-state index contributed by atoms with van der Waals surface area (Å²) in [6.07, 6.45) is 5.19. The minimum absolute atomic E-state index is 0.191. The zero-order chi connectivity index (χ0) is 22.3. The molecular weight excluding hydrogens is 406 g/mol. The van der Waals surface area contributed by atoms with Crippen LogP contribution in [0.25, 0.3) is 22.3 Å². The molecule has 3 atom stereocenters. The first-order valence-corrected chi connectivity index (χ1v) is 12.1. The van der Waals surface area contributed by atoms with Gasteiger partial charge in [-0.25, -0.2) is 9.97 Å². The second-order valence-electron chi connectivity index (χ2n) is 9.45. The first-order valence-electron chi connectivity index (χ1n) is 12.1. The standard InChI is InChI=1S/C29H29N3O/c33-29(22-13-5-2-6-14-22)19-20-32(26-18-10-8-16-24(26)29)28-23-15-7-9-17-25(23)30-27(31-28)21-11-3-1-4-12-21/h1-7,9,11-15,17,24,26,33H,8,10,16,18-20H2/t24-,26+,29-/m0/s1. The van der Waals surface area contributed by atoms with Crippen molar-refractivity contribution in [1.82, 2.24) is 9.97 Å². The van der Waals surface area contributed by atoms with E-state index in [0.717, 1.165) is 53.1 Å². The second-order valence-corrected chi connectivity index (χ2v) is 9.45. The molecule has 4 aromatic rings. The van der Waals surface area contributed by atoms with Crippen molar-refractivity contribution < 1.29 is 5.11 Å². The molecule has 0 amide bonds. The first kappa shape index (κ1) is 20.4. The van der Waals surface area contributed by atoms with Gasteiger partial charge in [-0.1, -0.05) is 85.6 Å². The average molecular weight is 436 g/mol. The van der Waals surface area contributed by atoms with Crippen molar-refractivity contribution in [1.29, 1.82) is 0 Å². The number of rotatable bonds is 3. The number of piperidine rings is 1. The van der Waals surface area contributed by atoms with Crippen molar-refractivity contribution in [3.8, 4) is 11.4 Å². The SMILES string of the molecule is O[C@]1(c2ccccc2)CCN(c2nc(-c3ccccc3)nc3ccccc23)[C@@H]2CCCC[C@@H]21. The van der Waals surface area contributed by atoms with Gasteiger partial charge in [0.15, 0.2) is 5.82 Å². The van der Waals surface area contributed by atoms with Crippen LogP contribution in [0.3, 0.4) is 0 Å². The maximum Gasteiger partial charge on any atom is 0.162 e. The number of aromatic nitrogens is 2. The van der Waals surface area contributed by atoms with Crippen LogP contribution in [-0.2, 0) is 5.60 Å². The van der Waals surface area contributed by atoms with Crippen LogP contribution in [0.4, 0.5) is 5.82 Å². The monoisotopic (exact) mass is 435 g/mol. The van der Waals surface area contributed by atoms with Gasteiger partial charge in [0.25, 0.3) is 0 Å². The van der Waals surface area contributed by atoms with Crippen LogP contribution in [0, 0.1) is 5.92 Å². The number of hydrogen-bond acceptors (Lipinski definition) is 4. The second kappa shape index (κ2) is 8.27. The molecule has 6 rings (SSSR count). The Hall–Kier alpha value is -3.24. The maximum atomic E-state index is 12.0. The lowest BCUT2D eigenvalue weighted by Crippen LogP contribution is -2.58. The van der Waals surface area contributed by atoms with E-state index in [1.807, 2.05) is 42.5 Å². The molecule has 2 heterocycles. The molecule has 0 bridgehead atoms. The van der Waals surface area contributed by atoms with E-state index >= 15 is 0 Å². The predicted molar refractivity (Wildman–Crippen MR) is 133 cm³/mol. The van der Waals surface area contributed by atoms with E-state index in [9.17, 15) is 5.11 Å². The topological polar surface area (TPSA) is 49.2 Å². The number of anilines is 1. The summed E-state index contributed by atoms with van der Waals surface area (Å²) in [5, 5.41) is 13.1. The van der Waals surface area contributed by atoms with Gasteiger partial charge in [-0.2, -0.15) is 0 Å². The molecule has 0 radical (unpaired) electrons. The van der Waals surface area contributed by atoms with Crippen molar-refractivity contribution in [2.24, 2.45) is 5.92 Å². The van der Waals surface area contributed by atoms with Gasteiger partial charge >= 0.3 is 0 Å². The van der Waals surface area contributed by atoms with Crippen LogP contribution in [0.2, 0.25) is 0 Å². The van der Waals surface area contributed by atoms with Crippen molar-refractivity contribution in [3.63, 3.8) is 0 Å². The fraction of sp³-hybridized carbons (Fsp3) is 0.310. The summed E-state index contributed by atoms with van der Waals surface area (Å²) < 4.78 is 0. The molecule has 2 aliphatic rings. The Labute approximate surface area is 194 Å². The van der Waals surface area contributed by atoms with E-state index in [1.54, 1.807) is 0 Å². The molecule has 1 aliphatic heterocycles. The third-order valence-corrected chi connectivity index (χ3v) is 7.64. The number of aliphatic hydroxyl groups is 1. The normalized spacial score (nSPS) is 25.1. The Balaban J connectivity index is 1.47. The average Bonchev–Trinajstić information content (AvgIpc) is 2.90. The summed E-state index contributed by atoms with van der Waals surface area (Å²) in [5.41, 5.74) is 2.27. The minimum Gasteiger partial charge on any atom is -0.385 e. The van der Waals surface area contributed by atoms with Gasteiger partial charge in [-0.3, -0.25) is 0 Å². The molecular formula is C29H29N3O. The number of benzene rings is 3. The fourth-order valence-electron chi connectivity index (χ4n) is 6.03. The van der Waals surface area contributed by atoms with Crippen LogP contribution >= 0.6 is 0 Å². The van der Waals surface area contributed by atoms with Gasteiger partial charge in [0.1, 0.15) is 5.82 Å². The molecule has 1 aromatic heterocycles. The molecule has 1 N–H and O–H groups in total. The van der Waals surface area contributed by atoms with Crippen LogP contribution in [0.5, 0.6) is 0 Å². The number of hydrogen-bond donors (Lipinski definition) is 1. The Bertz CT molecular complexity index is 1260. The highest BCUT2D eigenvalue weighted by Gasteiger charge is 2.49. The smallest absolute Gasteiger partial charge is 0.162 e. The Morgan fingerprint density at radius 3 is 2.30 bits per heavy atom. The molecule has 4 heteroatoms. The van der Waals surface area contributed by atoms with Crippen LogP contribution in [0.1, 0.15) is 37.7 Å². The maximum absolute atomic E-state index is 12.0. The fourth-order valence-corrected chi connectivity index (χ4v) is 6.03. The van der Waals surface area contributed by atoms with Gasteiger partial charge in [-0.15, -0.1) is 0 Å². The molecule has 1 aliphatic carbocycles. The molecule has 2 fully saturated rings. The zero-order valence-corrected chi connectivity index (χ0v) is 18.8. The van der Waals surface area contributed by atoms with Crippen LogP contribution in [0.15, 0.2) is 84.9 Å². The lowest BCUT2D eigenvalue weighted by atomic mass is 9.66. The highest BCUT2D eigenvalue weighted by atomic mass is 16.3. The highest BCUT2D eigenvalue weighted by Crippen LogP contribution is 2.48. The van der Waals surface area contributed by atoms with Crippen LogP contribution < -0.4 is 4.90 Å². The summed E-state index contributed by atoms with van der Waals surface area (Å²) in [5.74, 6) is 1.96. The summed E-state index contributed by atoms with van der Waals surface area (Å²) in [7, 11) is 0. The predicted octanol–water partition coefficient (Wildman–Crippen LogP) is 5.95. The number of fused-ring (bicyclic) bond motifs is 2. The molecule has 4 nitrogen and oxygen atoms in total. The van der Waals surface area contributed by atoms with Gasteiger partial charge in [0, 0.05) is 29.5 Å². The lowest BCUT2D eigenvalue weighted by molar-refractivity contribution is -0.0690. The third kappa shape index (κ3) is 3.50. The summed E-state index contributed by atoms with van der Waals surface area (Å²) in [6, 6.07) is 29.1. The summed E-state index contributed by atoms with van der Waals surface area (Å²) in [6.45, 7) is 0.780. The quantitative estimate of drug-likeness (QED) is 0.432. The van der Waals surface area contributed by atoms with Crippen molar-refractivity contribution in [3.05, 3.63) is 90.5 Å². The highest BCUT2D eigenvalue weighted by molar-refractivity contribution is 5.91. The van der Waals surface area contributed by atoms with Crippen molar-refractivity contribution in [2.75, 3.05) is 11.4 Å². The van der Waals surface area contributed by atoms with Crippen molar-refractivity contribution >= 4 is 16.7 Å². The molecule has 1 saturated carbocycles. The van der Waals surface area contributed by atoms with E-state index in [2.05, 4.69) is 47.4 Å². The van der Waals surface area contributed by atoms with E-state index in [4.69, 9.17) is 9.97 Å². The van der Waals surface area contributed by atoms with E-state index < -0.39 is 5.60 Å². The molecule has 0 spiro atoms. The minimum atomic E-state index is -0.784. The summed E-state index contributed by atoms with van der Waals surface area (Å²) in [4.78, 5) is 12.5. The van der Waals surface area contributed by atoms with E-state index in [-0.39, 0.29) is 12.0 Å². The van der Waals surface area contributed by atoms with E-state index in [1.165, 1.54) is 12.8 Å². The molecule has 33 heavy (non-hydrogen) atoms. The van der Waals surface area contributed by atoms with Crippen molar-refractivity contribution in [2.45, 2.75) is 43.7 Å². The van der Waals surface area contributed by atoms with Gasteiger partial charge in [0.2, 0.25) is 0 Å². The van der Waals surface area contributed by atoms with Gasteiger partial charge < -0.3 is 10.0 Å². The van der Waals surface area contributed by atoms with Crippen LogP contribution in [-0.4, -0.2) is 27.7 Å².